The van der Waals surface area contributed by atoms with Crippen LogP contribution < -0.4 is 9.47 Å². The number of pyridine rings is 2. The first kappa shape index (κ1) is 38.8. The zero-order chi connectivity index (χ0) is 43.3. The molecular formula is C56H44N6O2. The third-order valence-corrected chi connectivity index (χ3v) is 12.1. The van der Waals surface area contributed by atoms with Crippen LogP contribution in [0.5, 0.6) is 23.0 Å². The third-order valence-electron chi connectivity index (χ3n) is 12.1. The van der Waals surface area contributed by atoms with Crippen LogP contribution in [0.2, 0.25) is 0 Å². The van der Waals surface area contributed by atoms with Crippen molar-refractivity contribution in [2.45, 2.75) is 40.5 Å². The number of hydrogen-bond acceptors (Lipinski definition) is 6. The van der Waals surface area contributed by atoms with Gasteiger partial charge < -0.3 is 9.47 Å². The van der Waals surface area contributed by atoms with Crippen LogP contribution in [0.1, 0.15) is 36.1 Å². The van der Waals surface area contributed by atoms with Crippen LogP contribution in [0.4, 0.5) is 0 Å². The predicted molar refractivity (Wildman–Crippen MR) is 258 cm³/mol. The fourth-order valence-corrected chi connectivity index (χ4v) is 8.89. The molecule has 8 heteroatoms. The molecule has 0 atom stereocenters. The summed E-state index contributed by atoms with van der Waals surface area (Å²) in [5, 5.41) is 4.63. The van der Waals surface area contributed by atoms with E-state index in [9.17, 15) is 0 Å². The number of rotatable bonds is 10. The Hall–Kier alpha value is -8.10. The van der Waals surface area contributed by atoms with Gasteiger partial charge in [0.05, 0.1) is 45.8 Å². The number of aromatic nitrogens is 6. The fraction of sp³-hybridized carbons (Fsp3) is 0.107. The molecule has 11 rings (SSSR count). The number of aryl methyl sites for hydroxylation is 4. The molecule has 0 spiro atoms. The summed E-state index contributed by atoms with van der Waals surface area (Å²) in [5.41, 5.74) is 12.1. The Balaban J connectivity index is 0.890. The maximum absolute atomic E-state index is 6.73. The lowest BCUT2D eigenvalue weighted by atomic mass is 10.0. The molecule has 0 saturated carbocycles. The molecule has 11 aromatic rings. The van der Waals surface area contributed by atoms with Crippen molar-refractivity contribution < 1.29 is 9.47 Å². The van der Waals surface area contributed by atoms with Crippen molar-refractivity contribution in [3.63, 3.8) is 0 Å². The van der Waals surface area contributed by atoms with E-state index in [1.54, 1.807) is 0 Å². The van der Waals surface area contributed by atoms with Crippen molar-refractivity contribution in [1.82, 2.24) is 29.1 Å². The molecule has 310 valence electrons. The van der Waals surface area contributed by atoms with E-state index in [-0.39, 0.29) is 0 Å². The minimum Gasteiger partial charge on any atom is -0.457 e. The highest BCUT2D eigenvalue weighted by Crippen LogP contribution is 2.39. The van der Waals surface area contributed by atoms with Gasteiger partial charge in [-0.15, -0.1) is 0 Å². The topological polar surface area (TPSA) is 79.9 Å². The van der Waals surface area contributed by atoms with Crippen molar-refractivity contribution in [2.24, 2.45) is 0 Å². The van der Waals surface area contributed by atoms with E-state index < -0.39 is 0 Å². The molecule has 8 nitrogen and oxygen atoms in total. The molecule has 0 fully saturated rings. The summed E-state index contributed by atoms with van der Waals surface area (Å²) in [5.74, 6) is 4.81. The predicted octanol–water partition coefficient (Wildman–Crippen LogP) is 14.1. The highest BCUT2D eigenvalue weighted by atomic mass is 16.5. The number of ether oxygens (including phenoxy) is 2. The summed E-state index contributed by atoms with van der Waals surface area (Å²) in [6.07, 6.45) is 9.02. The second-order valence-electron chi connectivity index (χ2n) is 16.3. The molecule has 5 heterocycles. The van der Waals surface area contributed by atoms with E-state index in [0.717, 1.165) is 125 Å². The average Bonchev–Trinajstić information content (AvgIpc) is 3.83. The van der Waals surface area contributed by atoms with E-state index in [0.29, 0.717) is 0 Å². The highest BCUT2D eigenvalue weighted by molar-refractivity contribution is 6.10. The Bertz CT molecular complexity index is 3330. The molecule has 6 aromatic carbocycles. The molecule has 0 saturated heterocycles. The van der Waals surface area contributed by atoms with Crippen LogP contribution in [0.25, 0.3) is 77.8 Å². The van der Waals surface area contributed by atoms with E-state index >= 15 is 0 Å². The number of hydrogen-bond donors (Lipinski definition) is 0. The number of para-hydroxylation sites is 2. The summed E-state index contributed by atoms with van der Waals surface area (Å²) < 4.78 is 17.9. The summed E-state index contributed by atoms with van der Waals surface area (Å²) in [4.78, 5) is 19.4. The zero-order valence-corrected chi connectivity index (χ0v) is 36.1. The number of nitrogens with zero attached hydrogens (tertiary/aromatic N) is 6. The van der Waals surface area contributed by atoms with Crippen molar-refractivity contribution >= 4 is 43.6 Å². The van der Waals surface area contributed by atoms with Gasteiger partial charge in [0.1, 0.15) is 34.6 Å². The first-order chi connectivity index (χ1) is 31.4. The van der Waals surface area contributed by atoms with Crippen molar-refractivity contribution in [1.29, 1.82) is 0 Å². The first-order valence-corrected chi connectivity index (χ1v) is 21.8. The lowest BCUT2D eigenvalue weighted by Crippen LogP contribution is -1.98. The van der Waals surface area contributed by atoms with Crippen molar-refractivity contribution in [3.8, 4) is 57.1 Å². The zero-order valence-electron chi connectivity index (χ0n) is 36.1. The Morgan fingerprint density at radius 2 is 0.859 bits per heavy atom. The van der Waals surface area contributed by atoms with Gasteiger partial charge in [-0.3, -0.25) is 19.1 Å². The van der Waals surface area contributed by atoms with Crippen LogP contribution >= 0.6 is 0 Å². The third kappa shape index (κ3) is 6.90. The van der Waals surface area contributed by atoms with Gasteiger partial charge in [0, 0.05) is 57.2 Å². The maximum atomic E-state index is 6.73. The van der Waals surface area contributed by atoms with Crippen molar-refractivity contribution in [3.05, 3.63) is 193 Å². The smallest absolute Gasteiger partial charge is 0.137 e. The van der Waals surface area contributed by atoms with Gasteiger partial charge in [-0.1, -0.05) is 74.5 Å². The van der Waals surface area contributed by atoms with Crippen LogP contribution in [0, 0.1) is 13.8 Å². The molecule has 0 unspecified atom stereocenters. The summed E-state index contributed by atoms with van der Waals surface area (Å²) in [6, 6.07) is 50.3. The Kier molecular flexibility index (Phi) is 9.69. The molecule has 5 aromatic heterocycles. The summed E-state index contributed by atoms with van der Waals surface area (Å²) in [6.45, 7) is 8.47. The van der Waals surface area contributed by atoms with Gasteiger partial charge >= 0.3 is 0 Å². The van der Waals surface area contributed by atoms with E-state index in [2.05, 4.69) is 158 Å². The molecule has 64 heavy (non-hydrogen) atoms. The van der Waals surface area contributed by atoms with E-state index in [1.165, 1.54) is 10.8 Å². The lowest BCUT2D eigenvalue weighted by Gasteiger charge is -2.14. The van der Waals surface area contributed by atoms with Crippen LogP contribution in [-0.2, 0) is 12.8 Å². The average molecular weight is 833 g/mol. The minimum absolute atomic E-state index is 0.747. The van der Waals surface area contributed by atoms with E-state index in [4.69, 9.17) is 29.4 Å². The standard InChI is InChI=1S/C56H44N6O2/c1-5-37-15-17-39(29-53(37)63-41-19-21-45-43-11-7-9-13-49(43)61(51(45)31-41)55-27-35(3)23-25-57-55)47-33-60-48(34-59-47)40-18-16-38(6-2)54(30-40)64-42-20-22-46-44-12-8-10-14-50(44)62(52(46)32-42)56-28-36(4)24-26-58-56/h7-34H,5-6H2,1-4H3. The Morgan fingerprint density at radius 3 is 1.28 bits per heavy atom. The highest BCUT2D eigenvalue weighted by Gasteiger charge is 2.18. The second-order valence-corrected chi connectivity index (χ2v) is 16.3. The first-order valence-electron chi connectivity index (χ1n) is 21.8. The molecule has 0 aliphatic carbocycles. The van der Waals surface area contributed by atoms with Gasteiger partial charge in [0.2, 0.25) is 0 Å². The van der Waals surface area contributed by atoms with Gasteiger partial charge in [-0.25, -0.2) is 9.97 Å². The molecule has 0 N–H and O–H groups in total. The van der Waals surface area contributed by atoms with Crippen LogP contribution in [0.15, 0.2) is 170 Å². The Morgan fingerprint density at radius 1 is 0.422 bits per heavy atom. The molecule has 0 bridgehead atoms. The van der Waals surface area contributed by atoms with Crippen molar-refractivity contribution in [2.75, 3.05) is 0 Å². The largest absolute Gasteiger partial charge is 0.457 e. The quantitative estimate of drug-likeness (QED) is 0.137. The van der Waals surface area contributed by atoms with Gasteiger partial charge in [-0.05, 0) is 122 Å². The number of benzene rings is 6. The van der Waals surface area contributed by atoms with Gasteiger partial charge in [-0.2, -0.15) is 0 Å². The maximum Gasteiger partial charge on any atom is 0.137 e. The van der Waals surface area contributed by atoms with Crippen LogP contribution in [0.3, 0.4) is 0 Å². The monoisotopic (exact) mass is 832 g/mol. The molecular weight excluding hydrogens is 789 g/mol. The second kappa shape index (κ2) is 16.0. The van der Waals surface area contributed by atoms with Crippen LogP contribution in [-0.4, -0.2) is 29.1 Å². The Labute approximate surface area is 371 Å². The molecule has 0 aliphatic rings. The van der Waals surface area contributed by atoms with Gasteiger partial charge in [0.25, 0.3) is 0 Å². The lowest BCUT2D eigenvalue weighted by molar-refractivity contribution is 0.477. The summed E-state index contributed by atoms with van der Waals surface area (Å²) in [7, 11) is 0. The molecule has 0 radical (unpaired) electrons. The van der Waals surface area contributed by atoms with E-state index in [1.807, 2.05) is 49.1 Å². The fourth-order valence-electron chi connectivity index (χ4n) is 8.89. The van der Waals surface area contributed by atoms with Gasteiger partial charge in [0.15, 0.2) is 0 Å². The normalized spacial score (nSPS) is 11.6. The molecule has 0 aliphatic heterocycles. The molecule has 0 amide bonds. The number of fused-ring (bicyclic) bond motifs is 6. The minimum atomic E-state index is 0.747. The SMILES string of the molecule is CCc1ccc(-c2cnc(-c3ccc(CC)c(Oc4ccc5c6ccccc6n(-c6cc(C)ccn6)c5c4)c3)cn2)cc1Oc1ccc2c3ccccc3n(-c3cc(C)ccn3)c2c1. The summed E-state index contributed by atoms with van der Waals surface area (Å²) >= 11 is 0.